The van der Waals surface area contributed by atoms with Crippen LogP contribution in [-0.2, 0) is 4.74 Å². The maximum Gasteiger partial charge on any atom is 0.407 e. The molecule has 0 radical (unpaired) electrons. The van der Waals surface area contributed by atoms with E-state index in [-0.39, 0.29) is 12.0 Å². The van der Waals surface area contributed by atoms with Gasteiger partial charge in [0.25, 0.3) is 0 Å². The summed E-state index contributed by atoms with van der Waals surface area (Å²) in [5, 5.41) is 15.1. The summed E-state index contributed by atoms with van der Waals surface area (Å²) in [6, 6.07) is -0.562. The molecule has 0 spiro atoms. The van der Waals surface area contributed by atoms with E-state index in [1.54, 1.807) is 20.8 Å². The Morgan fingerprint density at radius 3 is 2.16 bits per heavy atom. The SMILES string of the molecule is CC(C)(C)C[C@H](NC(=O)OC(C)(C)C)C(O)CN=O. The summed E-state index contributed by atoms with van der Waals surface area (Å²) in [6.07, 6.45) is -1.10. The number of ether oxygens (including phenoxy) is 1. The Bertz CT molecular complexity index is 305. The van der Waals surface area contributed by atoms with Gasteiger partial charge < -0.3 is 15.2 Å². The summed E-state index contributed by atoms with van der Waals surface area (Å²) in [6.45, 7) is 11.0. The van der Waals surface area contributed by atoms with Gasteiger partial charge in [0.1, 0.15) is 12.1 Å². The van der Waals surface area contributed by atoms with E-state index in [9.17, 15) is 14.8 Å². The van der Waals surface area contributed by atoms with Crippen LogP contribution in [0, 0.1) is 10.3 Å². The number of aliphatic hydroxyl groups is 1. The lowest BCUT2D eigenvalue weighted by molar-refractivity contribution is 0.0393. The van der Waals surface area contributed by atoms with E-state index >= 15 is 0 Å². The van der Waals surface area contributed by atoms with Gasteiger partial charge in [0, 0.05) is 0 Å². The first kappa shape index (κ1) is 17.8. The summed E-state index contributed by atoms with van der Waals surface area (Å²) < 4.78 is 5.14. The monoisotopic (exact) mass is 274 g/mol. The molecular formula is C13H26N2O4. The number of hydrogen-bond acceptors (Lipinski definition) is 5. The number of alkyl carbamates (subject to hydrolysis) is 1. The van der Waals surface area contributed by atoms with Gasteiger partial charge >= 0.3 is 6.09 Å². The van der Waals surface area contributed by atoms with E-state index in [2.05, 4.69) is 10.5 Å². The molecule has 6 heteroatoms. The Morgan fingerprint density at radius 2 is 1.79 bits per heavy atom. The summed E-state index contributed by atoms with van der Waals surface area (Å²) in [4.78, 5) is 22.0. The summed E-state index contributed by atoms with van der Waals surface area (Å²) in [5.74, 6) is 0. The molecule has 0 aliphatic rings. The van der Waals surface area contributed by atoms with E-state index in [1.165, 1.54) is 0 Å². The Balaban J connectivity index is 4.66. The number of carbonyl (C=O) groups excluding carboxylic acids is 1. The molecule has 0 rings (SSSR count). The van der Waals surface area contributed by atoms with Gasteiger partial charge in [0.15, 0.2) is 0 Å². The van der Waals surface area contributed by atoms with Crippen molar-refractivity contribution in [1.29, 1.82) is 0 Å². The van der Waals surface area contributed by atoms with Gasteiger partial charge in [-0.1, -0.05) is 25.9 Å². The lowest BCUT2D eigenvalue weighted by Gasteiger charge is -2.30. The Kier molecular flexibility index (Phi) is 6.42. The molecule has 1 unspecified atom stereocenters. The van der Waals surface area contributed by atoms with Gasteiger partial charge in [-0.15, -0.1) is 0 Å². The molecule has 0 saturated heterocycles. The minimum absolute atomic E-state index is 0.108. The lowest BCUT2D eigenvalue weighted by atomic mass is 9.86. The number of nitroso groups, excluding NO2 is 1. The van der Waals surface area contributed by atoms with Gasteiger partial charge in [-0.25, -0.2) is 4.79 Å². The average Bonchev–Trinajstić information content (AvgIpc) is 2.11. The van der Waals surface area contributed by atoms with Crippen molar-refractivity contribution in [2.45, 2.75) is 65.7 Å². The molecule has 0 aromatic heterocycles. The van der Waals surface area contributed by atoms with E-state index in [0.717, 1.165) is 0 Å². The summed E-state index contributed by atoms with van der Waals surface area (Å²) in [5.41, 5.74) is -0.715. The molecular weight excluding hydrogens is 248 g/mol. The molecule has 112 valence electrons. The van der Waals surface area contributed by atoms with E-state index in [0.29, 0.717) is 6.42 Å². The zero-order valence-electron chi connectivity index (χ0n) is 12.7. The smallest absolute Gasteiger partial charge is 0.407 e. The molecule has 0 aromatic rings. The zero-order valence-corrected chi connectivity index (χ0v) is 12.7. The van der Waals surface area contributed by atoms with Crippen LogP contribution in [0.2, 0.25) is 0 Å². The maximum atomic E-state index is 11.7. The van der Waals surface area contributed by atoms with Gasteiger partial charge in [-0.3, -0.25) is 0 Å². The highest BCUT2D eigenvalue weighted by Crippen LogP contribution is 2.22. The lowest BCUT2D eigenvalue weighted by Crippen LogP contribution is -2.48. The highest BCUT2D eigenvalue weighted by molar-refractivity contribution is 5.68. The van der Waals surface area contributed by atoms with Crippen molar-refractivity contribution in [3.63, 3.8) is 0 Å². The number of rotatable bonds is 5. The fourth-order valence-corrected chi connectivity index (χ4v) is 1.61. The van der Waals surface area contributed by atoms with Crippen molar-refractivity contribution in [3.8, 4) is 0 Å². The molecule has 19 heavy (non-hydrogen) atoms. The molecule has 0 heterocycles. The van der Waals surface area contributed by atoms with Crippen molar-refractivity contribution in [3.05, 3.63) is 4.91 Å². The van der Waals surface area contributed by atoms with Crippen molar-refractivity contribution in [2.24, 2.45) is 10.6 Å². The van der Waals surface area contributed by atoms with Crippen molar-refractivity contribution in [1.82, 2.24) is 5.32 Å². The van der Waals surface area contributed by atoms with Crippen LogP contribution in [0.5, 0.6) is 0 Å². The van der Waals surface area contributed by atoms with Crippen LogP contribution in [0.15, 0.2) is 5.18 Å². The molecule has 6 nitrogen and oxygen atoms in total. The third-order valence-corrected chi connectivity index (χ3v) is 2.26. The van der Waals surface area contributed by atoms with Crippen LogP contribution >= 0.6 is 0 Å². The standard InChI is InChI=1S/C13H26N2O4/c1-12(2,3)7-9(10(16)8-14-18)15-11(17)19-13(4,5)6/h9-10,16H,7-8H2,1-6H3,(H,15,17)/t9-,10?/m0/s1. The number of nitrogens with zero attached hydrogens (tertiary/aromatic N) is 1. The number of nitrogens with one attached hydrogen (secondary N) is 1. The second-order valence-corrected chi connectivity index (χ2v) is 6.90. The van der Waals surface area contributed by atoms with E-state index in [4.69, 9.17) is 4.74 Å². The van der Waals surface area contributed by atoms with Crippen LogP contribution in [-0.4, -0.2) is 35.5 Å². The third-order valence-electron chi connectivity index (χ3n) is 2.26. The van der Waals surface area contributed by atoms with E-state index < -0.39 is 23.8 Å². The van der Waals surface area contributed by atoms with Gasteiger partial charge in [-0.2, -0.15) is 4.91 Å². The highest BCUT2D eigenvalue weighted by atomic mass is 16.6. The molecule has 2 N–H and O–H groups in total. The largest absolute Gasteiger partial charge is 0.444 e. The maximum absolute atomic E-state index is 11.7. The number of amides is 1. The Hall–Kier alpha value is -1.17. The Morgan fingerprint density at radius 1 is 1.26 bits per heavy atom. The van der Waals surface area contributed by atoms with Gasteiger partial charge in [-0.05, 0) is 32.6 Å². The summed E-state index contributed by atoms with van der Waals surface area (Å²) in [7, 11) is 0. The molecule has 0 saturated carbocycles. The molecule has 1 amide bonds. The van der Waals surface area contributed by atoms with Gasteiger partial charge in [0.2, 0.25) is 0 Å². The summed E-state index contributed by atoms with van der Waals surface area (Å²) >= 11 is 0. The molecule has 0 aliphatic heterocycles. The molecule has 2 atom stereocenters. The topological polar surface area (TPSA) is 88.0 Å². The minimum Gasteiger partial charge on any atom is -0.444 e. The van der Waals surface area contributed by atoms with Gasteiger partial charge in [0.05, 0.1) is 12.1 Å². The average molecular weight is 274 g/mol. The first-order chi connectivity index (χ1) is 8.44. The van der Waals surface area contributed by atoms with Crippen molar-refractivity contribution < 1.29 is 14.6 Å². The molecule has 0 fully saturated rings. The first-order valence-electron chi connectivity index (χ1n) is 6.41. The normalized spacial score (nSPS) is 15.5. The zero-order chi connectivity index (χ0) is 15.3. The number of carbonyl (C=O) groups is 1. The quantitative estimate of drug-likeness (QED) is 0.754. The first-order valence-corrected chi connectivity index (χ1v) is 6.41. The number of aliphatic hydroxyl groups excluding tert-OH is 1. The number of hydrogen-bond donors (Lipinski definition) is 2. The minimum atomic E-state index is -1.01. The van der Waals surface area contributed by atoms with Crippen LogP contribution in [0.1, 0.15) is 48.0 Å². The Labute approximate surface area is 114 Å². The molecule has 0 aliphatic carbocycles. The van der Waals surface area contributed by atoms with E-state index in [1.807, 2.05) is 20.8 Å². The molecule has 0 bridgehead atoms. The third kappa shape index (κ3) is 9.41. The highest BCUT2D eigenvalue weighted by Gasteiger charge is 2.28. The van der Waals surface area contributed by atoms with Crippen LogP contribution < -0.4 is 5.32 Å². The molecule has 0 aromatic carbocycles. The van der Waals surface area contributed by atoms with Crippen molar-refractivity contribution >= 4 is 6.09 Å². The van der Waals surface area contributed by atoms with Crippen LogP contribution in [0.4, 0.5) is 4.79 Å². The predicted octanol–water partition coefficient (Wildman–Crippen LogP) is 2.44. The second-order valence-electron chi connectivity index (χ2n) is 6.90. The fourth-order valence-electron chi connectivity index (χ4n) is 1.61. The second kappa shape index (κ2) is 6.84. The van der Waals surface area contributed by atoms with Crippen molar-refractivity contribution in [2.75, 3.05) is 6.54 Å². The van der Waals surface area contributed by atoms with Crippen LogP contribution in [0.25, 0.3) is 0 Å². The van der Waals surface area contributed by atoms with Crippen LogP contribution in [0.3, 0.4) is 0 Å². The predicted molar refractivity (Wildman–Crippen MR) is 73.9 cm³/mol. The fraction of sp³-hybridized carbons (Fsp3) is 0.923.